The summed E-state index contributed by atoms with van der Waals surface area (Å²) in [5.74, 6) is 0.498. The van der Waals surface area contributed by atoms with E-state index in [1.54, 1.807) is 35.5 Å². The molecule has 0 saturated carbocycles. The Morgan fingerprint density at radius 2 is 2.29 bits per heavy atom. The molecule has 4 nitrogen and oxygen atoms in total. The van der Waals surface area contributed by atoms with Crippen molar-refractivity contribution in [2.24, 2.45) is 0 Å². The van der Waals surface area contributed by atoms with Gasteiger partial charge in [-0.3, -0.25) is 4.79 Å². The summed E-state index contributed by atoms with van der Waals surface area (Å²) in [5, 5.41) is 5.49. The first kappa shape index (κ1) is 16.3. The molecule has 0 aromatic carbocycles. The van der Waals surface area contributed by atoms with Crippen LogP contribution in [0.5, 0.6) is 0 Å². The van der Waals surface area contributed by atoms with Crippen LogP contribution in [-0.2, 0) is 6.54 Å². The zero-order valence-electron chi connectivity index (χ0n) is 11.7. The Kier molecular flexibility index (Phi) is 5.61. The molecule has 0 aliphatic heterocycles. The van der Waals surface area contributed by atoms with Crippen LogP contribution in [0.15, 0.2) is 28.2 Å². The monoisotopic (exact) mass is 387 g/mol. The topological polar surface area (TPSA) is 45.2 Å². The molecule has 0 radical (unpaired) electrons. The molecule has 2 aromatic rings. The second-order valence-corrected chi connectivity index (χ2v) is 6.80. The lowest BCUT2D eigenvalue weighted by Gasteiger charge is -2.16. The highest BCUT2D eigenvalue weighted by molar-refractivity contribution is 9.10. The van der Waals surface area contributed by atoms with E-state index in [4.69, 9.17) is 11.6 Å². The second-order valence-electron chi connectivity index (χ2n) is 4.48. The number of nitrogens with one attached hydrogen (secondary N) is 1. The van der Waals surface area contributed by atoms with Gasteiger partial charge in [-0.1, -0.05) is 11.6 Å². The molecule has 0 aliphatic rings. The van der Waals surface area contributed by atoms with Crippen LogP contribution in [0.4, 0.5) is 5.82 Å². The smallest absolute Gasteiger partial charge is 0.255 e. The van der Waals surface area contributed by atoms with E-state index in [0.717, 1.165) is 15.9 Å². The maximum Gasteiger partial charge on any atom is 0.255 e. The van der Waals surface area contributed by atoms with Gasteiger partial charge in [0.25, 0.3) is 5.91 Å². The summed E-state index contributed by atoms with van der Waals surface area (Å²) >= 11 is 11.1. The minimum absolute atomic E-state index is 0.100. The highest BCUT2D eigenvalue weighted by atomic mass is 79.9. The van der Waals surface area contributed by atoms with Crippen molar-refractivity contribution >= 4 is 50.6 Å². The van der Waals surface area contributed by atoms with E-state index in [2.05, 4.69) is 26.2 Å². The number of anilines is 1. The number of amides is 1. The molecule has 2 aromatic heterocycles. The van der Waals surface area contributed by atoms with Crippen LogP contribution in [0.1, 0.15) is 22.2 Å². The zero-order chi connectivity index (χ0) is 15.4. The van der Waals surface area contributed by atoms with Crippen molar-refractivity contribution in [3.05, 3.63) is 43.6 Å². The lowest BCUT2D eigenvalue weighted by Crippen LogP contribution is -2.26. The fourth-order valence-corrected chi connectivity index (χ4v) is 3.55. The Hall–Kier alpha value is -1.11. The third-order valence-corrected chi connectivity index (χ3v) is 4.76. The van der Waals surface area contributed by atoms with Gasteiger partial charge in [-0.05, 0) is 35.0 Å². The number of nitrogens with zero attached hydrogens (tertiary/aromatic N) is 2. The maximum atomic E-state index is 12.4. The first-order valence-corrected chi connectivity index (χ1v) is 8.44. The van der Waals surface area contributed by atoms with Gasteiger partial charge in [0.2, 0.25) is 0 Å². The van der Waals surface area contributed by atoms with Gasteiger partial charge in [-0.15, -0.1) is 11.3 Å². The van der Waals surface area contributed by atoms with E-state index in [1.165, 1.54) is 0 Å². The summed E-state index contributed by atoms with van der Waals surface area (Å²) in [7, 11) is 1.77. The van der Waals surface area contributed by atoms with Crippen LogP contribution in [0.25, 0.3) is 0 Å². The zero-order valence-corrected chi connectivity index (χ0v) is 14.8. The SMILES string of the molecule is CCNc1ncc(C(=O)N(C)Cc2cc(Br)cs2)cc1Cl. The van der Waals surface area contributed by atoms with E-state index in [0.29, 0.717) is 22.9 Å². The molecule has 2 rings (SSSR count). The number of pyridine rings is 1. The molecule has 21 heavy (non-hydrogen) atoms. The van der Waals surface area contributed by atoms with Crippen LogP contribution in [0.2, 0.25) is 5.02 Å². The summed E-state index contributed by atoms with van der Waals surface area (Å²) in [5.41, 5.74) is 0.486. The molecular formula is C14H15BrClN3OS. The summed E-state index contributed by atoms with van der Waals surface area (Å²) in [6.45, 7) is 3.25. The van der Waals surface area contributed by atoms with Crippen molar-refractivity contribution in [3.8, 4) is 0 Å². The predicted molar refractivity (Wildman–Crippen MR) is 91.2 cm³/mol. The summed E-state index contributed by atoms with van der Waals surface area (Å²) in [6, 6.07) is 3.66. The quantitative estimate of drug-likeness (QED) is 0.832. The molecule has 2 heterocycles. The molecule has 0 atom stereocenters. The van der Waals surface area contributed by atoms with Crippen molar-refractivity contribution in [2.45, 2.75) is 13.5 Å². The number of thiophene rings is 1. The molecule has 7 heteroatoms. The lowest BCUT2D eigenvalue weighted by atomic mass is 10.2. The Morgan fingerprint density at radius 1 is 1.52 bits per heavy atom. The van der Waals surface area contributed by atoms with Crippen LogP contribution in [-0.4, -0.2) is 29.4 Å². The molecule has 1 N–H and O–H groups in total. The molecular weight excluding hydrogens is 374 g/mol. The van der Waals surface area contributed by atoms with Crippen molar-refractivity contribution in [2.75, 3.05) is 18.9 Å². The van der Waals surface area contributed by atoms with E-state index >= 15 is 0 Å². The summed E-state index contributed by atoms with van der Waals surface area (Å²) in [6.07, 6.45) is 1.55. The average Bonchev–Trinajstić information content (AvgIpc) is 2.85. The molecule has 1 amide bonds. The Bertz CT molecular complexity index is 647. The molecule has 0 saturated heterocycles. The van der Waals surface area contributed by atoms with Crippen molar-refractivity contribution < 1.29 is 4.79 Å². The van der Waals surface area contributed by atoms with Gasteiger partial charge >= 0.3 is 0 Å². The Balaban J connectivity index is 2.10. The molecule has 112 valence electrons. The largest absolute Gasteiger partial charge is 0.369 e. The second kappa shape index (κ2) is 7.24. The Morgan fingerprint density at radius 3 is 2.86 bits per heavy atom. The van der Waals surface area contributed by atoms with Crippen LogP contribution >= 0.6 is 38.9 Å². The number of rotatable bonds is 5. The lowest BCUT2D eigenvalue weighted by molar-refractivity contribution is 0.0786. The third-order valence-electron chi connectivity index (χ3n) is 2.79. The minimum Gasteiger partial charge on any atom is -0.369 e. The first-order valence-electron chi connectivity index (χ1n) is 6.39. The van der Waals surface area contributed by atoms with Gasteiger partial charge in [-0.25, -0.2) is 4.98 Å². The normalized spacial score (nSPS) is 10.5. The molecule has 0 unspecified atom stereocenters. The average molecular weight is 389 g/mol. The molecule has 0 bridgehead atoms. The number of halogens is 2. The highest BCUT2D eigenvalue weighted by Crippen LogP contribution is 2.23. The highest BCUT2D eigenvalue weighted by Gasteiger charge is 2.15. The van der Waals surface area contributed by atoms with Gasteiger partial charge in [0, 0.05) is 34.5 Å². The van der Waals surface area contributed by atoms with E-state index in [9.17, 15) is 4.79 Å². The van der Waals surface area contributed by atoms with Crippen LogP contribution < -0.4 is 5.32 Å². The number of hydrogen-bond acceptors (Lipinski definition) is 4. The van der Waals surface area contributed by atoms with Gasteiger partial charge in [0.1, 0.15) is 5.82 Å². The van der Waals surface area contributed by atoms with Crippen LogP contribution in [0, 0.1) is 0 Å². The Labute approximate surface area is 141 Å². The van der Waals surface area contributed by atoms with Gasteiger partial charge in [0.15, 0.2) is 0 Å². The van der Waals surface area contributed by atoms with Crippen molar-refractivity contribution in [1.29, 1.82) is 0 Å². The number of carbonyl (C=O) groups is 1. The number of carbonyl (C=O) groups excluding carboxylic acids is 1. The molecule has 0 aliphatic carbocycles. The van der Waals surface area contributed by atoms with Crippen molar-refractivity contribution in [1.82, 2.24) is 9.88 Å². The maximum absolute atomic E-state index is 12.4. The number of aromatic nitrogens is 1. The third kappa shape index (κ3) is 4.18. The van der Waals surface area contributed by atoms with Gasteiger partial charge in [0.05, 0.1) is 17.1 Å². The fourth-order valence-electron chi connectivity index (χ4n) is 1.82. The number of hydrogen-bond donors (Lipinski definition) is 1. The first-order chi connectivity index (χ1) is 10.0. The van der Waals surface area contributed by atoms with Crippen LogP contribution in [0.3, 0.4) is 0 Å². The van der Waals surface area contributed by atoms with E-state index in [1.807, 2.05) is 18.4 Å². The van der Waals surface area contributed by atoms with E-state index < -0.39 is 0 Å². The fraction of sp³-hybridized carbons (Fsp3) is 0.286. The van der Waals surface area contributed by atoms with Gasteiger partial charge < -0.3 is 10.2 Å². The molecule has 0 fully saturated rings. The summed E-state index contributed by atoms with van der Waals surface area (Å²) < 4.78 is 1.03. The van der Waals surface area contributed by atoms with Crippen molar-refractivity contribution in [3.63, 3.8) is 0 Å². The van der Waals surface area contributed by atoms with E-state index in [-0.39, 0.29) is 5.91 Å². The molecule has 0 spiro atoms. The minimum atomic E-state index is -0.100. The summed E-state index contributed by atoms with van der Waals surface area (Å²) in [4.78, 5) is 19.3. The van der Waals surface area contributed by atoms with Gasteiger partial charge in [-0.2, -0.15) is 0 Å². The predicted octanol–water partition coefficient (Wildman–Crippen LogP) is 4.26. The standard InChI is InChI=1S/C14H15BrClN3OS/c1-3-17-13-12(16)4-9(6-18-13)14(20)19(2)7-11-5-10(15)8-21-11/h4-6,8H,3,7H2,1-2H3,(H,17,18).